The van der Waals surface area contributed by atoms with Crippen molar-refractivity contribution in [3.8, 4) is 15.6 Å². The van der Waals surface area contributed by atoms with Gasteiger partial charge in [-0.2, -0.15) is 13.2 Å². The number of thioether (sulfide) groups is 1. The Morgan fingerprint density at radius 3 is 2.76 bits per heavy atom. The number of rotatable bonds is 5. The molecular formula is C27H30F3N5OS2. The van der Waals surface area contributed by atoms with Gasteiger partial charge < -0.3 is 19.9 Å². The summed E-state index contributed by atoms with van der Waals surface area (Å²) in [6.45, 7) is 5.80. The molecule has 6 rings (SSSR count). The number of hydrogen-bond donors (Lipinski definition) is 1. The molecule has 1 aliphatic carbocycles. The quantitative estimate of drug-likeness (QED) is 0.365. The third-order valence-electron chi connectivity index (χ3n) is 7.23. The molecule has 0 amide bonds. The van der Waals surface area contributed by atoms with Crippen LogP contribution < -0.4 is 15.0 Å². The molecule has 2 aliphatic heterocycles. The number of aromatic nitrogens is 2. The van der Waals surface area contributed by atoms with E-state index in [0.29, 0.717) is 28.5 Å². The molecule has 0 radical (unpaired) electrons. The Labute approximate surface area is 228 Å². The standard InChI is InChI=1S/C27H30F3N5OS2/c1-16-15-34(2)8-9-35(16)18-6-7-21(19(12-18)17-4-5-17)32-26-31-14-20(27(28,29)30)24(33-26)22-13-23-25(38-22)36-10-3-11-37-23/h6-7,12-14,16-17H,3-5,8-11,15H2,1-2H3,(H,31,32,33). The van der Waals surface area contributed by atoms with E-state index in [1.807, 2.05) is 6.07 Å². The molecule has 0 spiro atoms. The molecule has 2 fully saturated rings. The van der Waals surface area contributed by atoms with Gasteiger partial charge in [0.2, 0.25) is 5.95 Å². The summed E-state index contributed by atoms with van der Waals surface area (Å²) in [6.07, 6.45) is -0.557. The van der Waals surface area contributed by atoms with E-state index < -0.39 is 11.7 Å². The Bertz CT molecular complexity index is 1300. The molecule has 6 nitrogen and oxygen atoms in total. The Morgan fingerprint density at radius 2 is 2.00 bits per heavy atom. The van der Waals surface area contributed by atoms with Crippen molar-refractivity contribution in [2.45, 2.75) is 49.2 Å². The number of anilines is 3. The molecule has 2 aromatic heterocycles. The number of thiophene rings is 1. The lowest BCUT2D eigenvalue weighted by atomic mass is 10.0. The summed E-state index contributed by atoms with van der Waals surface area (Å²) in [7, 11) is 2.15. The van der Waals surface area contributed by atoms with Crippen LogP contribution in [0.2, 0.25) is 0 Å². The third-order valence-corrected chi connectivity index (χ3v) is 9.52. The van der Waals surface area contributed by atoms with E-state index in [-0.39, 0.29) is 11.6 Å². The van der Waals surface area contributed by atoms with Crippen LogP contribution in [-0.2, 0) is 6.18 Å². The SMILES string of the molecule is CC1CN(C)CCN1c1ccc(Nc2ncc(C(F)(F)F)c(-c3cc4c(s3)OCCCS4)n2)c(C2CC2)c1. The van der Waals surface area contributed by atoms with Gasteiger partial charge in [-0.3, -0.25) is 0 Å². The molecule has 1 N–H and O–H groups in total. The van der Waals surface area contributed by atoms with Gasteiger partial charge in [0.05, 0.1) is 22.1 Å². The van der Waals surface area contributed by atoms with Crippen molar-refractivity contribution in [3.63, 3.8) is 0 Å². The first-order valence-corrected chi connectivity index (χ1v) is 14.8. The summed E-state index contributed by atoms with van der Waals surface area (Å²) in [5.41, 5.74) is 2.25. The summed E-state index contributed by atoms with van der Waals surface area (Å²) < 4.78 is 47.6. The fourth-order valence-electron chi connectivity index (χ4n) is 5.14. The van der Waals surface area contributed by atoms with Gasteiger partial charge in [-0.05, 0) is 69.0 Å². The van der Waals surface area contributed by atoms with Crippen molar-refractivity contribution in [2.75, 3.05) is 49.3 Å². The van der Waals surface area contributed by atoms with Crippen LogP contribution in [0.5, 0.6) is 5.06 Å². The summed E-state index contributed by atoms with van der Waals surface area (Å²) in [5, 5.41) is 3.92. The number of likely N-dealkylation sites (N-methyl/N-ethyl adjacent to an activating group) is 1. The van der Waals surface area contributed by atoms with Gasteiger partial charge >= 0.3 is 6.18 Å². The van der Waals surface area contributed by atoms with Crippen LogP contribution in [0.25, 0.3) is 10.6 Å². The third kappa shape index (κ3) is 5.33. The molecule has 1 aromatic carbocycles. The molecule has 0 bridgehead atoms. The van der Waals surface area contributed by atoms with Crippen molar-refractivity contribution in [1.82, 2.24) is 14.9 Å². The number of nitrogens with one attached hydrogen (secondary N) is 1. The molecule has 3 aromatic rings. The Hall–Kier alpha value is -2.50. The smallest absolute Gasteiger partial charge is 0.420 e. The predicted molar refractivity (Wildman–Crippen MR) is 147 cm³/mol. The van der Waals surface area contributed by atoms with Crippen LogP contribution in [0, 0.1) is 0 Å². The summed E-state index contributed by atoms with van der Waals surface area (Å²) >= 11 is 2.82. The number of benzene rings is 1. The number of ether oxygens (including phenoxy) is 1. The molecule has 202 valence electrons. The second-order valence-corrected chi connectivity index (χ2v) is 12.4. The zero-order chi connectivity index (χ0) is 26.4. The molecule has 1 unspecified atom stereocenters. The second kappa shape index (κ2) is 10.2. The van der Waals surface area contributed by atoms with Crippen LogP contribution in [-0.4, -0.2) is 60.0 Å². The molecule has 1 saturated heterocycles. The van der Waals surface area contributed by atoms with Crippen molar-refractivity contribution in [3.05, 3.63) is 41.6 Å². The first kappa shape index (κ1) is 25.8. The van der Waals surface area contributed by atoms with E-state index >= 15 is 0 Å². The Morgan fingerprint density at radius 1 is 1.16 bits per heavy atom. The Kier molecular flexibility index (Phi) is 6.94. The van der Waals surface area contributed by atoms with E-state index in [0.717, 1.165) is 61.4 Å². The second-order valence-electron chi connectivity index (χ2n) is 10.2. The van der Waals surface area contributed by atoms with Gasteiger partial charge in [0, 0.05) is 49.0 Å². The van der Waals surface area contributed by atoms with E-state index in [1.54, 1.807) is 17.8 Å². The van der Waals surface area contributed by atoms with Crippen LogP contribution in [0.15, 0.2) is 35.4 Å². The lowest BCUT2D eigenvalue weighted by molar-refractivity contribution is -0.137. The minimum atomic E-state index is -4.57. The molecule has 38 heavy (non-hydrogen) atoms. The molecule has 3 aliphatic rings. The number of alkyl halides is 3. The van der Waals surface area contributed by atoms with Gasteiger partial charge in [0.25, 0.3) is 0 Å². The predicted octanol–water partition coefficient (Wildman–Crippen LogP) is 6.86. The maximum atomic E-state index is 14.0. The van der Waals surface area contributed by atoms with E-state index in [1.165, 1.54) is 22.6 Å². The van der Waals surface area contributed by atoms with Crippen LogP contribution in [0.3, 0.4) is 0 Å². The zero-order valence-corrected chi connectivity index (χ0v) is 23.0. The fraction of sp³-hybridized carbons (Fsp3) is 0.481. The molecule has 4 heterocycles. The van der Waals surface area contributed by atoms with Gasteiger partial charge in [0.15, 0.2) is 5.06 Å². The maximum Gasteiger partial charge on any atom is 0.420 e. The first-order valence-electron chi connectivity index (χ1n) is 13.0. The van der Waals surface area contributed by atoms with Gasteiger partial charge in [-0.25, -0.2) is 9.97 Å². The summed E-state index contributed by atoms with van der Waals surface area (Å²) in [6, 6.07) is 8.51. The minimum Gasteiger partial charge on any atom is -0.483 e. The normalized spacial score (nSPS) is 20.6. The van der Waals surface area contributed by atoms with Crippen molar-refractivity contribution in [2.24, 2.45) is 0 Å². The Balaban J connectivity index is 1.33. The number of hydrogen-bond acceptors (Lipinski definition) is 8. The van der Waals surface area contributed by atoms with Gasteiger partial charge in [-0.1, -0.05) is 11.3 Å². The van der Waals surface area contributed by atoms with Crippen LogP contribution in [0.1, 0.15) is 43.2 Å². The highest BCUT2D eigenvalue weighted by atomic mass is 32.2. The average molecular weight is 562 g/mol. The van der Waals surface area contributed by atoms with Crippen molar-refractivity contribution < 1.29 is 17.9 Å². The van der Waals surface area contributed by atoms with E-state index in [9.17, 15) is 13.2 Å². The summed E-state index contributed by atoms with van der Waals surface area (Å²) in [5.74, 6) is 1.47. The highest BCUT2D eigenvalue weighted by Crippen LogP contribution is 2.48. The van der Waals surface area contributed by atoms with E-state index in [4.69, 9.17) is 4.74 Å². The van der Waals surface area contributed by atoms with Gasteiger partial charge in [0.1, 0.15) is 5.56 Å². The largest absolute Gasteiger partial charge is 0.483 e. The van der Waals surface area contributed by atoms with Gasteiger partial charge in [-0.15, -0.1) is 11.8 Å². The maximum absolute atomic E-state index is 14.0. The first-order chi connectivity index (χ1) is 18.3. The lowest BCUT2D eigenvalue weighted by Gasteiger charge is -2.40. The zero-order valence-electron chi connectivity index (χ0n) is 21.3. The van der Waals surface area contributed by atoms with Crippen LogP contribution >= 0.6 is 23.1 Å². The number of nitrogens with zero attached hydrogens (tertiary/aromatic N) is 4. The topological polar surface area (TPSA) is 53.5 Å². The summed E-state index contributed by atoms with van der Waals surface area (Å²) in [4.78, 5) is 14.6. The number of piperazine rings is 1. The highest BCUT2D eigenvalue weighted by Gasteiger charge is 2.37. The number of halogens is 3. The molecule has 1 saturated carbocycles. The minimum absolute atomic E-state index is 0.117. The van der Waals surface area contributed by atoms with Crippen molar-refractivity contribution >= 4 is 40.4 Å². The average Bonchev–Trinajstić information content (AvgIpc) is 3.68. The van der Waals surface area contributed by atoms with Crippen molar-refractivity contribution in [1.29, 1.82) is 0 Å². The van der Waals surface area contributed by atoms with E-state index in [2.05, 4.69) is 51.2 Å². The molecule has 1 atom stereocenters. The molecule has 11 heteroatoms. The monoisotopic (exact) mass is 561 g/mol. The highest BCUT2D eigenvalue weighted by molar-refractivity contribution is 7.99. The fourth-order valence-corrected chi connectivity index (χ4v) is 7.30. The molecular weight excluding hydrogens is 531 g/mol. The number of fused-ring (bicyclic) bond motifs is 1. The van der Waals surface area contributed by atoms with Crippen LogP contribution in [0.4, 0.5) is 30.5 Å². The lowest BCUT2D eigenvalue weighted by Crippen LogP contribution is -2.50.